The van der Waals surface area contributed by atoms with Crippen molar-refractivity contribution in [2.75, 3.05) is 31.1 Å². The first kappa shape index (κ1) is 23.7. The number of ether oxygens (including phenoxy) is 1. The van der Waals surface area contributed by atoms with E-state index >= 15 is 0 Å². The van der Waals surface area contributed by atoms with E-state index in [-0.39, 0.29) is 5.91 Å². The van der Waals surface area contributed by atoms with E-state index in [1.54, 1.807) is 0 Å². The third-order valence-corrected chi connectivity index (χ3v) is 6.67. The molecule has 1 atom stereocenters. The van der Waals surface area contributed by atoms with E-state index in [1.807, 2.05) is 48.2 Å². The van der Waals surface area contributed by atoms with Crippen molar-refractivity contribution in [1.29, 1.82) is 0 Å². The third-order valence-electron chi connectivity index (χ3n) is 6.67. The second-order valence-corrected chi connectivity index (χ2v) is 9.10. The summed E-state index contributed by atoms with van der Waals surface area (Å²) >= 11 is 0. The topological polar surface area (TPSA) is 58.6 Å². The van der Waals surface area contributed by atoms with E-state index in [0.29, 0.717) is 13.1 Å². The van der Waals surface area contributed by atoms with Crippen LogP contribution < -0.4 is 9.64 Å². The SMILES string of the molecule is CCc1ccc(OC(C)C(=O)N2CCN(c3ccc(-c4cc(C)c(C)cc4C)nn3)CC2)cc1. The molecule has 1 saturated heterocycles. The molecule has 1 aliphatic rings. The molecule has 0 bridgehead atoms. The molecule has 0 radical (unpaired) electrons. The fourth-order valence-corrected chi connectivity index (χ4v) is 4.35. The lowest BCUT2D eigenvalue weighted by Gasteiger charge is -2.36. The number of nitrogens with zero attached hydrogens (tertiary/aromatic N) is 4. The number of benzene rings is 2. The van der Waals surface area contributed by atoms with Crippen LogP contribution in [0.5, 0.6) is 5.75 Å². The van der Waals surface area contributed by atoms with Crippen molar-refractivity contribution in [3.8, 4) is 17.0 Å². The van der Waals surface area contributed by atoms with Crippen LogP contribution in [-0.2, 0) is 11.2 Å². The van der Waals surface area contributed by atoms with Gasteiger partial charge in [-0.05, 0) is 86.7 Å². The smallest absolute Gasteiger partial charge is 0.263 e. The maximum atomic E-state index is 12.9. The zero-order valence-electron chi connectivity index (χ0n) is 20.8. The standard InChI is InChI=1S/C28H34N4O2/c1-6-23-7-9-24(10-8-23)34-22(5)28(33)32-15-13-31(14-16-32)27-12-11-26(29-30-27)25-18-20(3)19(2)17-21(25)4/h7-12,17-18,22H,6,13-16H2,1-5H3. The Morgan fingerprint density at radius 2 is 1.59 bits per heavy atom. The number of anilines is 1. The van der Waals surface area contributed by atoms with Gasteiger partial charge in [0.25, 0.3) is 5.91 Å². The second kappa shape index (κ2) is 10.2. The zero-order valence-corrected chi connectivity index (χ0v) is 20.8. The summed E-state index contributed by atoms with van der Waals surface area (Å²) in [5, 5.41) is 9.00. The molecule has 1 amide bonds. The highest BCUT2D eigenvalue weighted by atomic mass is 16.5. The molecule has 178 valence electrons. The van der Waals surface area contributed by atoms with E-state index in [2.05, 4.69) is 54.9 Å². The number of aryl methyl sites for hydroxylation is 4. The van der Waals surface area contributed by atoms with Crippen LogP contribution >= 0.6 is 0 Å². The Kier molecular flexibility index (Phi) is 7.15. The van der Waals surface area contributed by atoms with Gasteiger partial charge < -0.3 is 14.5 Å². The zero-order chi connectivity index (χ0) is 24.2. The normalized spacial score (nSPS) is 14.7. The molecule has 4 rings (SSSR count). The van der Waals surface area contributed by atoms with Crippen molar-refractivity contribution >= 4 is 11.7 Å². The Morgan fingerprint density at radius 3 is 2.21 bits per heavy atom. The lowest BCUT2D eigenvalue weighted by atomic mass is 9.99. The lowest BCUT2D eigenvalue weighted by Crippen LogP contribution is -2.52. The number of rotatable bonds is 6. The molecule has 0 saturated carbocycles. The van der Waals surface area contributed by atoms with E-state index in [1.165, 1.54) is 22.3 Å². The van der Waals surface area contributed by atoms with Crippen LogP contribution in [0.1, 0.15) is 36.1 Å². The summed E-state index contributed by atoms with van der Waals surface area (Å²) in [4.78, 5) is 17.0. The Hall–Kier alpha value is -3.41. The number of carbonyl (C=O) groups is 1. The Labute approximate surface area is 202 Å². The summed E-state index contributed by atoms with van der Waals surface area (Å²) in [6, 6.07) is 16.4. The first-order valence-corrected chi connectivity index (χ1v) is 12.1. The molecule has 6 nitrogen and oxygen atoms in total. The molecule has 1 unspecified atom stereocenters. The summed E-state index contributed by atoms with van der Waals surface area (Å²) < 4.78 is 5.89. The van der Waals surface area contributed by atoms with Gasteiger partial charge in [0.2, 0.25) is 0 Å². The number of carbonyl (C=O) groups excluding carboxylic acids is 1. The molecular formula is C28H34N4O2. The molecule has 0 aliphatic carbocycles. The average molecular weight is 459 g/mol. The first-order chi connectivity index (χ1) is 16.4. The van der Waals surface area contributed by atoms with Crippen LogP contribution in [0.15, 0.2) is 48.5 Å². The van der Waals surface area contributed by atoms with Crippen molar-refractivity contribution in [2.24, 2.45) is 0 Å². The van der Waals surface area contributed by atoms with Crippen LogP contribution in [0.4, 0.5) is 5.82 Å². The minimum Gasteiger partial charge on any atom is -0.481 e. The van der Waals surface area contributed by atoms with Gasteiger partial charge in [-0.3, -0.25) is 4.79 Å². The monoisotopic (exact) mass is 458 g/mol. The lowest BCUT2D eigenvalue weighted by molar-refractivity contribution is -0.138. The number of hydrogen-bond acceptors (Lipinski definition) is 5. The molecule has 0 spiro atoms. The van der Waals surface area contributed by atoms with E-state index in [4.69, 9.17) is 4.74 Å². The van der Waals surface area contributed by atoms with Crippen molar-refractivity contribution in [1.82, 2.24) is 15.1 Å². The molecule has 3 aromatic rings. The summed E-state index contributed by atoms with van der Waals surface area (Å²) in [7, 11) is 0. The second-order valence-electron chi connectivity index (χ2n) is 9.10. The van der Waals surface area contributed by atoms with Crippen molar-refractivity contribution < 1.29 is 9.53 Å². The van der Waals surface area contributed by atoms with Gasteiger partial charge in [0.05, 0.1) is 5.69 Å². The minimum absolute atomic E-state index is 0.0193. The largest absolute Gasteiger partial charge is 0.481 e. The summed E-state index contributed by atoms with van der Waals surface area (Å²) in [6.07, 6.45) is 0.469. The molecular weight excluding hydrogens is 424 g/mol. The van der Waals surface area contributed by atoms with Crippen molar-refractivity contribution in [2.45, 2.75) is 47.1 Å². The number of amides is 1. The molecule has 34 heavy (non-hydrogen) atoms. The Bertz CT molecular complexity index is 1130. The van der Waals surface area contributed by atoms with Crippen LogP contribution in [0.3, 0.4) is 0 Å². The van der Waals surface area contributed by atoms with Gasteiger partial charge in [-0.1, -0.05) is 25.1 Å². The predicted octanol–water partition coefficient (Wildman–Crippen LogP) is 4.75. The molecule has 6 heteroatoms. The van der Waals surface area contributed by atoms with Crippen LogP contribution in [-0.4, -0.2) is 53.3 Å². The minimum atomic E-state index is -0.515. The fourth-order valence-electron chi connectivity index (χ4n) is 4.35. The van der Waals surface area contributed by atoms with Gasteiger partial charge >= 0.3 is 0 Å². The van der Waals surface area contributed by atoms with E-state index < -0.39 is 6.10 Å². The Balaban J connectivity index is 1.34. The van der Waals surface area contributed by atoms with Gasteiger partial charge in [-0.25, -0.2) is 0 Å². The predicted molar refractivity (Wildman–Crippen MR) is 136 cm³/mol. The summed E-state index contributed by atoms with van der Waals surface area (Å²) in [5.74, 6) is 1.59. The molecule has 0 N–H and O–H groups in total. The highest BCUT2D eigenvalue weighted by Gasteiger charge is 2.26. The number of aromatic nitrogens is 2. The number of piperazine rings is 1. The maximum absolute atomic E-state index is 12.9. The first-order valence-electron chi connectivity index (χ1n) is 12.1. The van der Waals surface area contributed by atoms with E-state index in [0.717, 1.165) is 42.3 Å². The Morgan fingerprint density at radius 1 is 0.912 bits per heavy atom. The summed E-state index contributed by atoms with van der Waals surface area (Å²) in [6.45, 7) is 13.0. The van der Waals surface area contributed by atoms with Crippen molar-refractivity contribution in [3.05, 3.63) is 70.8 Å². The molecule has 2 aromatic carbocycles. The number of hydrogen-bond donors (Lipinski definition) is 0. The van der Waals surface area contributed by atoms with Crippen molar-refractivity contribution in [3.63, 3.8) is 0 Å². The van der Waals surface area contributed by atoms with Gasteiger partial charge in [0, 0.05) is 31.7 Å². The molecule has 1 fully saturated rings. The third kappa shape index (κ3) is 5.22. The van der Waals surface area contributed by atoms with Crippen LogP contribution in [0, 0.1) is 20.8 Å². The molecule has 2 heterocycles. The highest BCUT2D eigenvalue weighted by molar-refractivity contribution is 5.81. The van der Waals surface area contributed by atoms with Gasteiger partial charge in [0.15, 0.2) is 11.9 Å². The fraction of sp³-hybridized carbons (Fsp3) is 0.393. The maximum Gasteiger partial charge on any atom is 0.263 e. The quantitative estimate of drug-likeness (QED) is 0.534. The molecule has 1 aliphatic heterocycles. The summed E-state index contributed by atoms with van der Waals surface area (Å²) in [5.41, 5.74) is 7.00. The van der Waals surface area contributed by atoms with Gasteiger partial charge in [-0.2, -0.15) is 0 Å². The molecule has 1 aromatic heterocycles. The van der Waals surface area contributed by atoms with Crippen LogP contribution in [0.25, 0.3) is 11.3 Å². The van der Waals surface area contributed by atoms with E-state index in [9.17, 15) is 4.79 Å². The van der Waals surface area contributed by atoms with Gasteiger partial charge in [-0.15, -0.1) is 10.2 Å². The van der Waals surface area contributed by atoms with Crippen LogP contribution in [0.2, 0.25) is 0 Å². The highest BCUT2D eigenvalue weighted by Crippen LogP contribution is 2.26. The average Bonchev–Trinajstić information content (AvgIpc) is 2.86. The van der Waals surface area contributed by atoms with Gasteiger partial charge in [0.1, 0.15) is 5.75 Å².